The van der Waals surface area contributed by atoms with E-state index >= 15 is 0 Å². The van der Waals surface area contributed by atoms with Gasteiger partial charge in [0.1, 0.15) is 0 Å². The summed E-state index contributed by atoms with van der Waals surface area (Å²) in [5.74, 6) is -4.63. The summed E-state index contributed by atoms with van der Waals surface area (Å²) in [4.78, 5) is 0. The van der Waals surface area contributed by atoms with Crippen LogP contribution < -0.4 is 0 Å². The smallest absolute Gasteiger partial charge is 0.390 e. The Morgan fingerprint density at radius 2 is 1.79 bits per heavy atom. The maximum atomic E-state index is 13.1. The summed E-state index contributed by atoms with van der Waals surface area (Å²) in [5.41, 5.74) is 0. The zero-order chi connectivity index (χ0) is 14.7. The maximum absolute atomic E-state index is 13.1. The first-order chi connectivity index (χ1) is 8.68. The lowest BCUT2D eigenvalue weighted by Crippen LogP contribution is -2.45. The molecule has 1 aliphatic rings. The molecule has 9 heteroatoms. The molecule has 0 spiro atoms. The third-order valence-corrected chi connectivity index (χ3v) is 3.80. The fourth-order valence-electron chi connectivity index (χ4n) is 1.88. The molecule has 1 saturated carbocycles. The molecule has 114 valence electrons. The Hall–Kier alpha value is -0.250. The second-order valence-electron chi connectivity index (χ2n) is 4.48. The molecule has 0 radical (unpaired) electrons. The standard InChI is InChI=1S/C10H16F4O4S/c11-9(12,10(13,14)19(16)17)5-6-18-8-4-2-1-3-7(8)15/h7-8,15H,1-6H2,(H,16,17). The largest absolute Gasteiger partial charge is 0.406 e. The van der Waals surface area contributed by atoms with Gasteiger partial charge in [-0.2, -0.15) is 17.6 Å². The molecule has 0 bridgehead atoms. The van der Waals surface area contributed by atoms with E-state index in [0.29, 0.717) is 12.8 Å². The molecule has 1 aliphatic carbocycles. The second kappa shape index (κ2) is 6.47. The first-order valence-corrected chi connectivity index (χ1v) is 6.95. The van der Waals surface area contributed by atoms with Crippen LogP contribution in [0.3, 0.4) is 0 Å². The van der Waals surface area contributed by atoms with Crippen LogP contribution in [0, 0.1) is 0 Å². The van der Waals surface area contributed by atoms with Gasteiger partial charge in [-0.05, 0) is 12.8 Å². The van der Waals surface area contributed by atoms with Crippen LogP contribution >= 0.6 is 0 Å². The van der Waals surface area contributed by atoms with Gasteiger partial charge in [0.2, 0.25) is 11.1 Å². The molecule has 0 aromatic heterocycles. The molecule has 0 aromatic carbocycles. The molecule has 3 atom stereocenters. The van der Waals surface area contributed by atoms with E-state index in [1.165, 1.54) is 0 Å². The molecule has 4 nitrogen and oxygen atoms in total. The van der Waals surface area contributed by atoms with Gasteiger partial charge in [0.05, 0.1) is 18.8 Å². The molecule has 1 fully saturated rings. The third kappa shape index (κ3) is 4.11. The molecule has 0 aliphatic heterocycles. The van der Waals surface area contributed by atoms with E-state index in [0.717, 1.165) is 12.8 Å². The van der Waals surface area contributed by atoms with Crippen LogP contribution in [0.2, 0.25) is 0 Å². The summed E-state index contributed by atoms with van der Waals surface area (Å²) in [6, 6.07) is 0. The minimum atomic E-state index is -5.01. The highest BCUT2D eigenvalue weighted by Crippen LogP contribution is 2.39. The van der Waals surface area contributed by atoms with Gasteiger partial charge in [0.25, 0.3) is 0 Å². The van der Waals surface area contributed by atoms with E-state index in [1.54, 1.807) is 0 Å². The summed E-state index contributed by atoms with van der Waals surface area (Å²) >= 11 is -3.95. The van der Waals surface area contributed by atoms with Crippen LogP contribution in [0.4, 0.5) is 17.6 Å². The van der Waals surface area contributed by atoms with Crippen LogP contribution in [-0.2, 0) is 15.8 Å². The highest BCUT2D eigenvalue weighted by atomic mass is 32.2. The number of rotatable bonds is 6. The lowest BCUT2D eigenvalue weighted by molar-refractivity contribution is -0.174. The maximum Gasteiger partial charge on any atom is 0.406 e. The van der Waals surface area contributed by atoms with E-state index in [9.17, 15) is 26.9 Å². The molecule has 19 heavy (non-hydrogen) atoms. The van der Waals surface area contributed by atoms with Crippen molar-refractivity contribution in [2.24, 2.45) is 0 Å². The van der Waals surface area contributed by atoms with Crippen molar-refractivity contribution in [3.63, 3.8) is 0 Å². The Kier molecular flexibility index (Phi) is 5.72. The number of hydrogen-bond donors (Lipinski definition) is 2. The molecule has 0 saturated heterocycles. The number of aliphatic hydroxyl groups is 1. The lowest BCUT2D eigenvalue weighted by Gasteiger charge is -2.29. The molecule has 0 amide bonds. The van der Waals surface area contributed by atoms with Crippen LogP contribution in [-0.4, -0.2) is 43.9 Å². The van der Waals surface area contributed by atoms with Crippen molar-refractivity contribution in [3.8, 4) is 0 Å². The number of halogens is 4. The van der Waals surface area contributed by atoms with Crippen LogP contribution in [0.5, 0.6) is 0 Å². The van der Waals surface area contributed by atoms with Crippen molar-refractivity contribution in [3.05, 3.63) is 0 Å². The Morgan fingerprint density at radius 3 is 2.32 bits per heavy atom. The Balaban J connectivity index is 2.45. The average molecular weight is 308 g/mol. The normalized spacial score (nSPS) is 27.3. The van der Waals surface area contributed by atoms with Gasteiger partial charge < -0.3 is 14.4 Å². The van der Waals surface area contributed by atoms with E-state index in [-0.39, 0.29) is 0 Å². The van der Waals surface area contributed by atoms with Crippen LogP contribution in [0.25, 0.3) is 0 Å². The number of ether oxygens (including phenoxy) is 1. The molecular weight excluding hydrogens is 292 g/mol. The zero-order valence-electron chi connectivity index (χ0n) is 10.0. The Bertz CT molecular complexity index is 327. The van der Waals surface area contributed by atoms with Gasteiger partial charge in [-0.3, -0.25) is 0 Å². The Labute approximate surface area is 110 Å². The van der Waals surface area contributed by atoms with Crippen molar-refractivity contribution in [2.75, 3.05) is 6.61 Å². The van der Waals surface area contributed by atoms with Crippen LogP contribution in [0.1, 0.15) is 32.1 Å². The lowest BCUT2D eigenvalue weighted by atomic mass is 9.95. The van der Waals surface area contributed by atoms with Crippen molar-refractivity contribution in [1.29, 1.82) is 0 Å². The predicted molar refractivity (Wildman–Crippen MR) is 59.5 cm³/mol. The number of hydrogen-bond acceptors (Lipinski definition) is 3. The van der Waals surface area contributed by atoms with Crippen molar-refractivity contribution < 1.29 is 36.2 Å². The summed E-state index contributed by atoms with van der Waals surface area (Å²) < 4.78 is 75.0. The van der Waals surface area contributed by atoms with Crippen molar-refractivity contribution in [2.45, 2.75) is 55.5 Å². The average Bonchev–Trinajstić information content (AvgIpc) is 2.31. The van der Waals surface area contributed by atoms with Gasteiger partial charge >= 0.3 is 11.2 Å². The van der Waals surface area contributed by atoms with E-state index < -0.39 is 47.5 Å². The zero-order valence-corrected chi connectivity index (χ0v) is 10.8. The summed E-state index contributed by atoms with van der Waals surface area (Å²) in [7, 11) is 0. The predicted octanol–water partition coefficient (Wildman–Crippen LogP) is 2.15. The Morgan fingerprint density at radius 1 is 1.21 bits per heavy atom. The minimum absolute atomic E-state index is 0.481. The molecule has 3 unspecified atom stereocenters. The van der Waals surface area contributed by atoms with E-state index in [2.05, 4.69) is 0 Å². The fourth-order valence-corrected chi connectivity index (χ4v) is 2.24. The van der Waals surface area contributed by atoms with Gasteiger partial charge in [0.15, 0.2) is 0 Å². The van der Waals surface area contributed by atoms with Gasteiger partial charge in [-0.1, -0.05) is 12.8 Å². The van der Waals surface area contributed by atoms with E-state index in [1.807, 2.05) is 0 Å². The first-order valence-electron chi connectivity index (χ1n) is 5.85. The van der Waals surface area contributed by atoms with Gasteiger partial charge in [-0.15, -0.1) is 0 Å². The monoisotopic (exact) mass is 308 g/mol. The summed E-state index contributed by atoms with van der Waals surface area (Å²) in [6.45, 7) is -0.707. The van der Waals surface area contributed by atoms with Crippen LogP contribution in [0.15, 0.2) is 0 Å². The first kappa shape index (κ1) is 16.8. The second-order valence-corrected chi connectivity index (χ2v) is 5.49. The molecule has 0 heterocycles. The highest BCUT2D eigenvalue weighted by molar-refractivity contribution is 7.80. The minimum Gasteiger partial charge on any atom is -0.390 e. The molecule has 2 N–H and O–H groups in total. The van der Waals surface area contributed by atoms with Crippen molar-refractivity contribution >= 4 is 11.1 Å². The molecule has 0 aromatic rings. The topological polar surface area (TPSA) is 66.8 Å². The van der Waals surface area contributed by atoms with Gasteiger partial charge in [-0.25, -0.2) is 4.21 Å². The van der Waals surface area contributed by atoms with Crippen molar-refractivity contribution in [1.82, 2.24) is 0 Å². The highest BCUT2D eigenvalue weighted by Gasteiger charge is 2.60. The number of aliphatic hydroxyl groups excluding tert-OH is 1. The third-order valence-electron chi connectivity index (χ3n) is 3.06. The number of alkyl halides is 4. The fraction of sp³-hybridized carbons (Fsp3) is 1.00. The van der Waals surface area contributed by atoms with E-state index in [4.69, 9.17) is 9.29 Å². The molecular formula is C10H16F4O4S. The molecule has 1 rings (SSSR count). The quantitative estimate of drug-likeness (QED) is 0.583. The SMILES string of the molecule is O=S(O)C(F)(F)C(F)(F)CCOC1CCCCC1O. The summed E-state index contributed by atoms with van der Waals surface area (Å²) in [5, 5.41) is 4.48. The van der Waals surface area contributed by atoms with Gasteiger partial charge in [0, 0.05) is 6.42 Å². The summed E-state index contributed by atoms with van der Waals surface area (Å²) in [6.07, 6.45) is -0.261.